The summed E-state index contributed by atoms with van der Waals surface area (Å²) in [5, 5.41) is 0. The molecule has 1 fully saturated rings. The molecule has 0 atom stereocenters. The zero-order chi connectivity index (χ0) is 15.4. The Morgan fingerprint density at radius 3 is 2.36 bits per heavy atom. The van der Waals surface area contributed by atoms with Crippen LogP contribution in [0.5, 0.6) is 0 Å². The van der Waals surface area contributed by atoms with Gasteiger partial charge in [0.15, 0.2) is 5.76 Å². The van der Waals surface area contributed by atoms with E-state index in [9.17, 15) is 4.79 Å². The summed E-state index contributed by atoms with van der Waals surface area (Å²) in [4.78, 5) is 16.7. The number of rotatable bonds is 5. The van der Waals surface area contributed by atoms with E-state index >= 15 is 0 Å². The fraction of sp³-hybridized carbons (Fsp3) is 0.389. The molecule has 1 saturated heterocycles. The van der Waals surface area contributed by atoms with Crippen LogP contribution in [0.25, 0.3) is 0 Å². The first-order chi connectivity index (χ1) is 10.7. The number of aryl methyl sites for hydroxylation is 1. The molecule has 0 unspecified atom stereocenters. The van der Waals surface area contributed by atoms with Gasteiger partial charge in [0.05, 0.1) is 12.8 Å². The molecular weight excluding hydrogens is 276 g/mol. The fourth-order valence-electron chi connectivity index (χ4n) is 2.78. The molecule has 116 valence electrons. The minimum absolute atomic E-state index is 0.0667. The Labute approximate surface area is 131 Å². The highest BCUT2D eigenvalue weighted by Crippen LogP contribution is 2.11. The van der Waals surface area contributed by atoms with Crippen molar-refractivity contribution in [2.45, 2.75) is 13.5 Å². The van der Waals surface area contributed by atoms with Crippen molar-refractivity contribution in [3.05, 3.63) is 59.5 Å². The molecule has 0 saturated carbocycles. The molecule has 1 aliphatic heterocycles. The second kappa shape index (κ2) is 6.90. The Bertz CT molecular complexity index is 597. The molecule has 3 rings (SSSR count). The van der Waals surface area contributed by atoms with Gasteiger partial charge in [-0.1, -0.05) is 29.8 Å². The first-order valence-corrected chi connectivity index (χ1v) is 7.78. The van der Waals surface area contributed by atoms with E-state index in [1.165, 1.54) is 11.1 Å². The van der Waals surface area contributed by atoms with E-state index < -0.39 is 0 Å². The summed E-state index contributed by atoms with van der Waals surface area (Å²) in [6.45, 7) is 7.40. The molecule has 4 heteroatoms. The highest BCUT2D eigenvalue weighted by atomic mass is 16.3. The lowest BCUT2D eigenvalue weighted by Gasteiger charge is -2.34. The second-order valence-corrected chi connectivity index (χ2v) is 5.94. The fourth-order valence-corrected chi connectivity index (χ4v) is 2.78. The van der Waals surface area contributed by atoms with Crippen LogP contribution < -0.4 is 0 Å². The smallest absolute Gasteiger partial charge is 0.211 e. The summed E-state index contributed by atoms with van der Waals surface area (Å²) in [6, 6.07) is 12.2. The molecule has 2 aromatic rings. The molecule has 4 nitrogen and oxygen atoms in total. The molecule has 0 spiro atoms. The van der Waals surface area contributed by atoms with E-state index in [0.717, 1.165) is 32.7 Å². The van der Waals surface area contributed by atoms with Gasteiger partial charge in [0.1, 0.15) is 0 Å². The van der Waals surface area contributed by atoms with Crippen LogP contribution in [-0.2, 0) is 6.54 Å². The lowest BCUT2D eigenvalue weighted by Crippen LogP contribution is -2.47. The summed E-state index contributed by atoms with van der Waals surface area (Å²) in [5.41, 5.74) is 2.65. The standard InChI is InChI=1S/C18H22N2O2/c1-15-4-6-16(7-5-15)13-19-8-10-20(11-9-19)14-17(21)18-3-2-12-22-18/h2-7,12H,8-11,13-14H2,1H3. The van der Waals surface area contributed by atoms with Crippen molar-refractivity contribution >= 4 is 5.78 Å². The third kappa shape index (κ3) is 3.84. The zero-order valence-corrected chi connectivity index (χ0v) is 13.0. The Morgan fingerprint density at radius 1 is 1.05 bits per heavy atom. The van der Waals surface area contributed by atoms with Crippen LogP contribution in [0.15, 0.2) is 47.1 Å². The Hall–Kier alpha value is -1.91. The Balaban J connectivity index is 1.46. The van der Waals surface area contributed by atoms with Crippen LogP contribution in [-0.4, -0.2) is 48.3 Å². The van der Waals surface area contributed by atoms with E-state index in [2.05, 4.69) is 41.0 Å². The molecule has 22 heavy (non-hydrogen) atoms. The average molecular weight is 298 g/mol. The molecule has 0 N–H and O–H groups in total. The predicted molar refractivity (Wildman–Crippen MR) is 85.9 cm³/mol. The van der Waals surface area contributed by atoms with Gasteiger partial charge in [0.25, 0.3) is 0 Å². The van der Waals surface area contributed by atoms with Crippen molar-refractivity contribution < 1.29 is 9.21 Å². The van der Waals surface area contributed by atoms with Gasteiger partial charge in [0, 0.05) is 32.7 Å². The largest absolute Gasteiger partial charge is 0.461 e. The van der Waals surface area contributed by atoms with Gasteiger partial charge >= 0.3 is 0 Å². The van der Waals surface area contributed by atoms with Crippen molar-refractivity contribution in [2.24, 2.45) is 0 Å². The van der Waals surface area contributed by atoms with Crippen LogP contribution in [0, 0.1) is 6.92 Å². The van der Waals surface area contributed by atoms with E-state index in [0.29, 0.717) is 12.3 Å². The van der Waals surface area contributed by atoms with Crippen molar-refractivity contribution in [2.75, 3.05) is 32.7 Å². The van der Waals surface area contributed by atoms with Gasteiger partial charge in [-0.05, 0) is 24.6 Å². The van der Waals surface area contributed by atoms with E-state index in [4.69, 9.17) is 4.42 Å². The molecule has 0 bridgehead atoms. The van der Waals surface area contributed by atoms with Gasteiger partial charge in [0.2, 0.25) is 5.78 Å². The molecule has 0 radical (unpaired) electrons. The van der Waals surface area contributed by atoms with E-state index in [1.54, 1.807) is 18.4 Å². The number of Topliss-reactive ketones (excluding diaryl/α,β-unsaturated/α-hetero) is 1. The Kier molecular flexibility index (Phi) is 4.71. The van der Waals surface area contributed by atoms with Gasteiger partial charge < -0.3 is 4.42 Å². The number of piperazine rings is 1. The maximum atomic E-state index is 12.0. The normalized spacial score (nSPS) is 16.8. The average Bonchev–Trinajstić information content (AvgIpc) is 3.06. The number of carbonyl (C=O) groups excluding carboxylic acids is 1. The minimum atomic E-state index is 0.0667. The van der Waals surface area contributed by atoms with E-state index in [-0.39, 0.29) is 5.78 Å². The van der Waals surface area contributed by atoms with Gasteiger partial charge in [-0.25, -0.2) is 0 Å². The molecule has 2 heterocycles. The number of ketones is 1. The SMILES string of the molecule is Cc1ccc(CN2CCN(CC(=O)c3ccco3)CC2)cc1. The summed E-state index contributed by atoms with van der Waals surface area (Å²) < 4.78 is 5.16. The highest BCUT2D eigenvalue weighted by molar-refractivity contribution is 5.94. The van der Waals surface area contributed by atoms with Crippen LogP contribution >= 0.6 is 0 Å². The summed E-state index contributed by atoms with van der Waals surface area (Å²) in [6.07, 6.45) is 1.55. The van der Waals surface area contributed by atoms with Gasteiger partial charge in [-0.2, -0.15) is 0 Å². The molecule has 1 aromatic heterocycles. The van der Waals surface area contributed by atoms with Crippen molar-refractivity contribution in [1.29, 1.82) is 0 Å². The number of hydrogen-bond acceptors (Lipinski definition) is 4. The predicted octanol–water partition coefficient (Wildman–Crippen LogP) is 2.59. The van der Waals surface area contributed by atoms with Gasteiger partial charge in [-0.15, -0.1) is 0 Å². The van der Waals surface area contributed by atoms with Crippen molar-refractivity contribution in [3.63, 3.8) is 0 Å². The van der Waals surface area contributed by atoms with Crippen LogP contribution in [0.4, 0.5) is 0 Å². The zero-order valence-electron chi connectivity index (χ0n) is 13.0. The number of benzene rings is 1. The third-order valence-electron chi connectivity index (χ3n) is 4.15. The third-order valence-corrected chi connectivity index (χ3v) is 4.15. The molecular formula is C18H22N2O2. The number of carbonyl (C=O) groups is 1. The first-order valence-electron chi connectivity index (χ1n) is 7.78. The number of nitrogens with zero attached hydrogens (tertiary/aromatic N) is 2. The van der Waals surface area contributed by atoms with Crippen LogP contribution in [0.1, 0.15) is 21.7 Å². The van der Waals surface area contributed by atoms with Crippen LogP contribution in [0.2, 0.25) is 0 Å². The lowest BCUT2D eigenvalue weighted by atomic mass is 10.1. The first kappa shape index (κ1) is 15.0. The maximum absolute atomic E-state index is 12.0. The van der Waals surface area contributed by atoms with E-state index in [1.807, 2.05) is 0 Å². The summed E-state index contributed by atoms with van der Waals surface area (Å²) in [7, 11) is 0. The monoisotopic (exact) mass is 298 g/mol. The van der Waals surface area contributed by atoms with Crippen molar-refractivity contribution in [3.8, 4) is 0 Å². The lowest BCUT2D eigenvalue weighted by molar-refractivity contribution is 0.0819. The number of furan rings is 1. The second-order valence-electron chi connectivity index (χ2n) is 5.94. The quantitative estimate of drug-likeness (QED) is 0.795. The minimum Gasteiger partial charge on any atom is -0.461 e. The Morgan fingerprint density at radius 2 is 1.73 bits per heavy atom. The topological polar surface area (TPSA) is 36.7 Å². The molecule has 1 aromatic carbocycles. The van der Waals surface area contributed by atoms with Crippen LogP contribution in [0.3, 0.4) is 0 Å². The summed E-state index contributed by atoms with van der Waals surface area (Å²) >= 11 is 0. The number of hydrogen-bond donors (Lipinski definition) is 0. The maximum Gasteiger partial charge on any atom is 0.211 e. The molecule has 1 aliphatic rings. The molecule has 0 aliphatic carbocycles. The highest BCUT2D eigenvalue weighted by Gasteiger charge is 2.20. The molecule has 0 amide bonds. The summed E-state index contributed by atoms with van der Waals surface area (Å²) in [5.74, 6) is 0.527. The van der Waals surface area contributed by atoms with Crippen molar-refractivity contribution in [1.82, 2.24) is 9.80 Å². The van der Waals surface area contributed by atoms with Gasteiger partial charge in [-0.3, -0.25) is 14.6 Å².